The minimum atomic E-state index is -0.809. The number of nitrogens with two attached hydrogens (primary N) is 1. The third-order valence-electron chi connectivity index (χ3n) is 1.51. The van der Waals surface area contributed by atoms with E-state index in [1.807, 2.05) is 0 Å². The van der Waals surface area contributed by atoms with Crippen molar-refractivity contribution < 1.29 is 14.7 Å². The Morgan fingerprint density at radius 3 is 2.75 bits per heavy atom. The maximum atomic E-state index is 11.0. The van der Waals surface area contributed by atoms with Crippen LogP contribution < -0.4 is 5.73 Å². The van der Waals surface area contributed by atoms with E-state index in [1.165, 1.54) is 0 Å². The quantitative estimate of drug-likeness (QED) is 0.596. The van der Waals surface area contributed by atoms with Gasteiger partial charge in [-0.2, -0.15) is 0 Å². The van der Waals surface area contributed by atoms with Crippen molar-refractivity contribution in [3.63, 3.8) is 0 Å². The van der Waals surface area contributed by atoms with E-state index in [0.29, 0.717) is 0 Å². The summed E-state index contributed by atoms with van der Waals surface area (Å²) >= 11 is 0.951. The van der Waals surface area contributed by atoms with Crippen molar-refractivity contribution in [2.45, 2.75) is 6.10 Å². The molecule has 12 heavy (non-hydrogen) atoms. The standard InChI is InChI=1S/C6H10N2O3S/c7-1-4(9)2-8-5(10)3-12-6(8)11/h4,9H,1-3,7H2. The molecule has 0 saturated carbocycles. The third-order valence-corrected chi connectivity index (χ3v) is 2.36. The van der Waals surface area contributed by atoms with E-state index in [0.717, 1.165) is 16.7 Å². The van der Waals surface area contributed by atoms with Gasteiger partial charge >= 0.3 is 0 Å². The molecular weight excluding hydrogens is 180 g/mol. The molecule has 1 aliphatic heterocycles. The summed E-state index contributed by atoms with van der Waals surface area (Å²) in [5.41, 5.74) is 5.13. The molecule has 0 radical (unpaired) electrons. The minimum absolute atomic E-state index is 0.0150. The highest BCUT2D eigenvalue weighted by molar-refractivity contribution is 8.14. The van der Waals surface area contributed by atoms with Gasteiger partial charge in [-0.1, -0.05) is 11.8 Å². The summed E-state index contributed by atoms with van der Waals surface area (Å²) in [6.45, 7) is 0.0723. The fourth-order valence-corrected chi connectivity index (χ4v) is 1.58. The van der Waals surface area contributed by atoms with E-state index in [1.54, 1.807) is 0 Å². The Hall–Kier alpha value is -0.590. The number of amides is 2. The number of β-amino-alcohol motifs (C(OH)–C–C–N with tert-alkyl or cyclic N) is 1. The summed E-state index contributed by atoms with van der Waals surface area (Å²) in [5, 5.41) is 8.77. The van der Waals surface area contributed by atoms with Crippen molar-refractivity contribution in [2.75, 3.05) is 18.8 Å². The molecule has 0 aromatic carbocycles. The van der Waals surface area contributed by atoms with Gasteiger partial charge in [-0.15, -0.1) is 0 Å². The van der Waals surface area contributed by atoms with E-state index in [-0.39, 0.29) is 30.0 Å². The molecule has 0 aromatic rings. The normalized spacial score (nSPS) is 20.3. The highest BCUT2D eigenvalue weighted by Crippen LogP contribution is 2.18. The van der Waals surface area contributed by atoms with Crippen LogP contribution in [0.4, 0.5) is 4.79 Å². The molecule has 3 N–H and O–H groups in total. The van der Waals surface area contributed by atoms with Crippen LogP contribution in [0.1, 0.15) is 0 Å². The first-order valence-electron chi connectivity index (χ1n) is 3.50. The monoisotopic (exact) mass is 190 g/mol. The summed E-state index contributed by atoms with van der Waals surface area (Å²) < 4.78 is 0. The Balaban J connectivity index is 2.50. The Morgan fingerprint density at radius 1 is 1.67 bits per heavy atom. The maximum Gasteiger partial charge on any atom is 0.288 e. The van der Waals surface area contributed by atoms with Crippen LogP contribution in [0, 0.1) is 0 Å². The van der Waals surface area contributed by atoms with Gasteiger partial charge < -0.3 is 10.8 Å². The fraction of sp³-hybridized carbons (Fsp3) is 0.667. The van der Waals surface area contributed by atoms with Gasteiger partial charge in [0.15, 0.2) is 0 Å². The van der Waals surface area contributed by atoms with Crippen LogP contribution in [0.15, 0.2) is 0 Å². The summed E-state index contributed by atoms with van der Waals surface area (Å²) in [6.07, 6.45) is -0.809. The molecule has 5 nitrogen and oxygen atoms in total. The predicted octanol–water partition coefficient (Wildman–Crippen LogP) is -0.999. The second kappa shape index (κ2) is 3.88. The number of aliphatic hydroxyl groups is 1. The van der Waals surface area contributed by atoms with Crippen LogP contribution in [0.25, 0.3) is 0 Å². The molecule has 0 spiro atoms. The first-order chi connectivity index (χ1) is 5.65. The van der Waals surface area contributed by atoms with E-state index in [9.17, 15) is 9.59 Å². The zero-order chi connectivity index (χ0) is 9.14. The lowest BCUT2D eigenvalue weighted by atomic mass is 10.3. The van der Waals surface area contributed by atoms with Crippen molar-refractivity contribution in [1.82, 2.24) is 4.90 Å². The van der Waals surface area contributed by atoms with Crippen molar-refractivity contribution in [3.05, 3.63) is 0 Å². The Morgan fingerprint density at radius 2 is 2.33 bits per heavy atom. The molecule has 0 bridgehead atoms. The van der Waals surface area contributed by atoms with Gasteiger partial charge in [-0.05, 0) is 0 Å². The number of thioether (sulfide) groups is 1. The van der Waals surface area contributed by atoms with Gasteiger partial charge in [-0.25, -0.2) is 0 Å². The van der Waals surface area contributed by atoms with Crippen molar-refractivity contribution in [3.8, 4) is 0 Å². The van der Waals surface area contributed by atoms with Crippen LogP contribution in [-0.4, -0.2) is 46.1 Å². The number of hydrogen-bond donors (Lipinski definition) is 2. The number of carbonyl (C=O) groups excluding carboxylic acids is 2. The highest BCUT2D eigenvalue weighted by Gasteiger charge is 2.30. The van der Waals surface area contributed by atoms with Crippen LogP contribution >= 0.6 is 11.8 Å². The Kier molecular flexibility index (Phi) is 3.07. The van der Waals surface area contributed by atoms with E-state index in [2.05, 4.69) is 0 Å². The smallest absolute Gasteiger partial charge is 0.288 e. The number of hydrogen-bond acceptors (Lipinski definition) is 5. The van der Waals surface area contributed by atoms with Crippen LogP contribution in [-0.2, 0) is 4.79 Å². The number of rotatable bonds is 3. The van der Waals surface area contributed by atoms with Crippen LogP contribution in [0.3, 0.4) is 0 Å². The Labute approximate surface area is 73.9 Å². The number of nitrogens with zero attached hydrogens (tertiary/aromatic N) is 1. The number of aliphatic hydroxyl groups excluding tert-OH is 1. The van der Waals surface area contributed by atoms with Gasteiger partial charge in [0.1, 0.15) is 0 Å². The SMILES string of the molecule is NCC(O)CN1C(=O)CSC1=O. The lowest BCUT2D eigenvalue weighted by Crippen LogP contribution is -2.39. The van der Waals surface area contributed by atoms with Crippen molar-refractivity contribution in [2.24, 2.45) is 5.73 Å². The average molecular weight is 190 g/mol. The van der Waals surface area contributed by atoms with Crippen molar-refractivity contribution in [1.29, 1.82) is 0 Å². The predicted molar refractivity (Wildman–Crippen MR) is 44.6 cm³/mol. The second-order valence-electron chi connectivity index (χ2n) is 2.45. The molecule has 2 amide bonds. The van der Waals surface area contributed by atoms with Crippen molar-refractivity contribution >= 4 is 22.9 Å². The summed E-state index contributed by atoms with van der Waals surface area (Å²) in [4.78, 5) is 23.0. The highest BCUT2D eigenvalue weighted by atomic mass is 32.2. The van der Waals surface area contributed by atoms with Gasteiger partial charge in [0.25, 0.3) is 5.24 Å². The first kappa shape index (κ1) is 9.50. The molecule has 6 heteroatoms. The number of imide groups is 1. The molecule has 0 aliphatic carbocycles. The lowest BCUT2D eigenvalue weighted by Gasteiger charge is -2.15. The molecule has 1 atom stereocenters. The average Bonchev–Trinajstić information content (AvgIpc) is 2.35. The first-order valence-corrected chi connectivity index (χ1v) is 4.49. The summed E-state index contributed by atoms with van der Waals surface area (Å²) in [6, 6.07) is 0. The second-order valence-corrected chi connectivity index (χ2v) is 3.38. The number of carbonyl (C=O) groups is 2. The van der Waals surface area contributed by atoms with E-state index in [4.69, 9.17) is 10.8 Å². The topological polar surface area (TPSA) is 83.6 Å². The minimum Gasteiger partial charge on any atom is -0.390 e. The van der Waals surface area contributed by atoms with Crippen LogP contribution in [0.2, 0.25) is 0 Å². The zero-order valence-electron chi connectivity index (χ0n) is 6.40. The largest absolute Gasteiger partial charge is 0.390 e. The van der Waals surface area contributed by atoms with Gasteiger partial charge in [0.05, 0.1) is 18.4 Å². The van der Waals surface area contributed by atoms with E-state index < -0.39 is 6.10 Å². The molecule has 0 aromatic heterocycles. The zero-order valence-corrected chi connectivity index (χ0v) is 7.21. The van der Waals surface area contributed by atoms with Gasteiger partial charge in [0, 0.05) is 6.54 Å². The molecule has 1 saturated heterocycles. The third kappa shape index (κ3) is 1.96. The molecular formula is C6H10N2O3S. The van der Waals surface area contributed by atoms with E-state index >= 15 is 0 Å². The van der Waals surface area contributed by atoms with Crippen LogP contribution in [0.5, 0.6) is 0 Å². The molecule has 1 rings (SSSR count). The molecule has 1 fully saturated rings. The summed E-state index contributed by atoms with van der Waals surface area (Å²) in [7, 11) is 0. The molecule has 1 aliphatic rings. The molecule has 1 unspecified atom stereocenters. The lowest BCUT2D eigenvalue weighted by molar-refractivity contribution is -0.125. The maximum absolute atomic E-state index is 11.0. The fourth-order valence-electron chi connectivity index (χ4n) is 0.843. The van der Waals surface area contributed by atoms with Gasteiger partial charge in [0.2, 0.25) is 5.91 Å². The molecule has 1 heterocycles. The molecule has 68 valence electrons. The summed E-state index contributed by atoms with van der Waals surface area (Å²) in [5.74, 6) is -0.0756. The van der Waals surface area contributed by atoms with Gasteiger partial charge in [-0.3, -0.25) is 14.5 Å². The Bertz CT molecular complexity index is 193.